The maximum Gasteiger partial charge on any atom is 0.137 e. The molecule has 1 heterocycles. The van der Waals surface area contributed by atoms with Gasteiger partial charge in [0.05, 0.1) is 6.54 Å². The Hall–Kier alpha value is -1.84. The second-order valence-electron chi connectivity index (χ2n) is 4.69. The Kier molecular flexibility index (Phi) is 4.34. The number of nitrogens with zero attached hydrogens (tertiary/aromatic N) is 3. The fraction of sp³-hybridized carbons (Fsp3) is 0.429. The normalized spacial score (nSPS) is 12.3. The highest BCUT2D eigenvalue weighted by Gasteiger charge is 2.00. The van der Waals surface area contributed by atoms with E-state index in [0.29, 0.717) is 5.92 Å². The smallest absolute Gasteiger partial charge is 0.137 e. The van der Waals surface area contributed by atoms with Gasteiger partial charge in [0.25, 0.3) is 0 Å². The number of nitrogens with one attached hydrogen (secondary N) is 1. The quantitative estimate of drug-likeness (QED) is 0.849. The van der Waals surface area contributed by atoms with Crippen LogP contribution in [0.3, 0.4) is 0 Å². The lowest BCUT2D eigenvalue weighted by atomic mass is 10.1. The molecule has 1 aromatic carbocycles. The highest BCUT2D eigenvalue weighted by Crippen LogP contribution is 2.12. The van der Waals surface area contributed by atoms with Crippen molar-refractivity contribution in [2.75, 3.05) is 11.9 Å². The minimum absolute atomic E-state index is 0.698. The van der Waals surface area contributed by atoms with Crippen LogP contribution in [0.2, 0.25) is 0 Å². The second-order valence-corrected chi connectivity index (χ2v) is 4.69. The molecule has 1 aromatic heterocycles. The summed E-state index contributed by atoms with van der Waals surface area (Å²) in [7, 11) is 0. The molecular weight excluding hydrogens is 224 g/mol. The van der Waals surface area contributed by atoms with Crippen LogP contribution in [-0.2, 0) is 6.54 Å². The summed E-state index contributed by atoms with van der Waals surface area (Å²) in [5, 5.41) is 7.58. The summed E-state index contributed by atoms with van der Waals surface area (Å²) in [6.07, 6.45) is 4.50. The minimum Gasteiger partial charge on any atom is -0.385 e. The molecule has 0 amide bonds. The van der Waals surface area contributed by atoms with Gasteiger partial charge in [-0.2, -0.15) is 5.10 Å². The second kappa shape index (κ2) is 6.19. The third kappa shape index (κ3) is 3.58. The van der Waals surface area contributed by atoms with Crippen LogP contribution in [-0.4, -0.2) is 21.3 Å². The van der Waals surface area contributed by atoms with Crippen LogP contribution in [0.15, 0.2) is 36.9 Å². The van der Waals surface area contributed by atoms with Gasteiger partial charge in [-0.15, -0.1) is 0 Å². The van der Waals surface area contributed by atoms with E-state index in [1.807, 2.05) is 4.68 Å². The zero-order valence-corrected chi connectivity index (χ0v) is 11.0. The molecule has 2 aromatic rings. The van der Waals surface area contributed by atoms with Gasteiger partial charge in [-0.25, -0.2) is 9.67 Å². The van der Waals surface area contributed by atoms with Crippen molar-refractivity contribution in [2.45, 2.75) is 26.8 Å². The largest absolute Gasteiger partial charge is 0.385 e. The first-order chi connectivity index (χ1) is 8.78. The molecule has 0 aliphatic rings. The van der Waals surface area contributed by atoms with Crippen LogP contribution >= 0.6 is 0 Å². The maximum absolute atomic E-state index is 4.11. The van der Waals surface area contributed by atoms with Gasteiger partial charge in [0.15, 0.2) is 0 Å². The predicted molar refractivity (Wildman–Crippen MR) is 73.5 cm³/mol. The number of anilines is 1. The molecule has 0 fully saturated rings. The van der Waals surface area contributed by atoms with Gasteiger partial charge < -0.3 is 5.32 Å². The Labute approximate surface area is 108 Å². The summed E-state index contributed by atoms with van der Waals surface area (Å²) < 4.78 is 1.83. The Morgan fingerprint density at radius 3 is 3.00 bits per heavy atom. The average Bonchev–Trinajstić information content (AvgIpc) is 2.89. The zero-order valence-electron chi connectivity index (χ0n) is 11.0. The van der Waals surface area contributed by atoms with Crippen LogP contribution in [0.4, 0.5) is 5.69 Å². The lowest BCUT2D eigenvalue weighted by Gasteiger charge is -2.12. The van der Waals surface area contributed by atoms with Crippen molar-refractivity contribution in [3.63, 3.8) is 0 Å². The Morgan fingerprint density at radius 2 is 2.28 bits per heavy atom. The third-order valence-electron chi connectivity index (χ3n) is 3.09. The van der Waals surface area contributed by atoms with Crippen molar-refractivity contribution in [3.8, 4) is 0 Å². The van der Waals surface area contributed by atoms with E-state index in [-0.39, 0.29) is 0 Å². The maximum atomic E-state index is 4.11. The number of hydrogen-bond acceptors (Lipinski definition) is 3. The summed E-state index contributed by atoms with van der Waals surface area (Å²) in [5.74, 6) is 0.698. The topological polar surface area (TPSA) is 42.7 Å². The van der Waals surface area contributed by atoms with Crippen LogP contribution in [0.5, 0.6) is 0 Å². The summed E-state index contributed by atoms with van der Waals surface area (Å²) in [5.41, 5.74) is 2.41. The molecule has 0 radical (unpaired) electrons. The van der Waals surface area contributed by atoms with Gasteiger partial charge in [0.1, 0.15) is 12.7 Å². The monoisotopic (exact) mass is 244 g/mol. The van der Waals surface area contributed by atoms with Crippen LogP contribution in [0, 0.1) is 5.92 Å². The highest BCUT2D eigenvalue weighted by atomic mass is 15.3. The van der Waals surface area contributed by atoms with Crippen molar-refractivity contribution in [1.29, 1.82) is 0 Å². The SMILES string of the molecule is CCC(C)CNc1cccc(Cn2cncn2)c1. The summed E-state index contributed by atoms with van der Waals surface area (Å²) in [6.45, 7) is 6.25. The molecule has 0 aliphatic heterocycles. The molecular formula is C14H20N4. The lowest BCUT2D eigenvalue weighted by molar-refractivity contribution is 0.593. The van der Waals surface area contributed by atoms with E-state index < -0.39 is 0 Å². The van der Waals surface area contributed by atoms with Gasteiger partial charge in [-0.3, -0.25) is 0 Å². The lowest BCUT2D eigenvalue weighted by Crippen LogP contribution is -2.10. The zero-order chi connectivity index (χ0) is 12.8. The van der Waals surface area contributed by atoms with Crippen LogP contribution in [0.1, 0.15) is 25.8 Å². The average molecular weight is 244 g/mol. The van der Waals surface area contributed by atoms with E-state index in [9.17, 15) is 0 Å². The van der Waals surface area contributed by atoms with Crippen molar-refractivity contribution >= 4 is 5.69 Å². The van der Waals surface area contributed by atoms with Gasteiger partial charge in [-0.1, -0.05) is 32.4 Å². The summed E-state index contributed by atoms with van der Waals surface area (Å²) in [4.78, 5) is 3.95. The van der Waals surface area contributed by atoms with E-state index in [4.69, 9.17) is 0 Å². The van der Waals surface area contributed by atoms with E-state index >= 15 is 0 Å². The van der Waals surface area contributed by atoms with Gasteiger partial charge >= 0.3 is 0 Å². The highest BCUT2D eigenvalue weighted by molar-refractivity contribution is 5.45. The molecule has 1 N–H and O–H groups in total. The van der Waals surface area contributed by atoms with Crippen LogP contribution in [0.25, 0.3) is 0 Å². The van der Waals surface area contributed by atoms with Crippen molar-refractivity contribution in [1.82, 2.24) is 14.8 Å². The number of aromatic nitrogens is 3. The van der Waals surface area contributed by atoms with Crippen molar-refractivity contribution in [2.24, 2.45) is 5.92 Å². The van der Waals surface area contributed by atoms with E-state index in [1.54, 1.807) is 12.7 Å². The van der Waals surface area contributed by atoms with Crippen molar-refractivity contribution < 1.29 is 0 Å². The first-order valence-corrected chi connectivity index (χ1v) is 6.43. The third-order valence-corrected chi connectivity index (χ3v) is 3.09. The molecule has 4 nitrogen and oxygen atoms in total. The Morgan fingerprint density at radius 1 is 1.39 bits per heavy atom. The summed E-state index contributed by atoms with van der Waals surface area (Å²) >= 11 is 0. The molecule has 18 heavy (non-hydrogen) atoms. The van der Waals surface area contributed by atoms with Gasteiger partial charge in [0.2, 0.25) is 0 Å². The molecule has 1 unspecified atom stereocenters. The number of rotatable bonds is 6. The van der Waals surface area contributed by atoms with Crippen molar-refractivity contribution in [3.05, 3.63) is 42.5 Å². The Balaban J connectivity index is 1.96. The Bertz CT molecular complexity index is 464. The van der Waals surface area contributed by atoms with E-state index in [1.165, 1.54) is 17.7 Å². The standard InChI is InChI=1S/C14H20N4/c1-3-12(2)8-16-14-6-4-5-13(7-14)9-18-11-15-10-17-18/h4-7,10-12,16H,3,8-9H2,1-2H3. The fourth-order valence-electron chi connectivity index (χ4n) is 1.72. The van der Waals surface area contributed by atoms with E-state index in [2.05, 4.69) is 53.5 Å². The molecule has 0 aliphatic carbocycles. The molecule has 2 rings (SSSR count). The number of benzene rings is 1. The first kappa shape index (κ1) is 12.6. The molecule has 96 valence electrons. The molecule has 0 saturated heterocycles. The van der Waals surface area contributed by atoms with E-state index in [0.717, 1.165) is 13.1 Å². The molecule has 1 atom stereocenters. The van der Waals surface area contributed by atoms with Gasteiger partial charge in [0, 0.05) is 12.2 Å². The molecule has 0 saturated carbocycles. The summed E-state index contributed by atoms with van der Waals surface area (Å²) in [6, 6.07) is 8.46. The fourth-order valence-corrected chi connectivity index (χ4v) is 1.72. The van der Waals surface area contributed by atoms with Crippen LogP contribution < -0.4 is 5.32 Å². The first-order valence-electron chi connectivity index (χ1n) is 6.43. The molecule has 0 bridgehead atoms. The predicted octanol–water partition coefficient (Wildman–Crippen LogP) is 2.78. The molecule has 0 spiro atoms. The minimum atomic E-state index is 0.698. The number of hydrogen-bond donors (Lipinski definition) is 1. The molecule has 4 heteroatoms. The van der Waals surface area contributed by atoms with Gasteiger partial charge in [-0.05, 0) is 23.6 Å².